The number of esters is 2. The number of hydrogen-bond acceptors (Lipinski definition) is 7. The van der Waals surface area contributed by atoms with Gasteiger partial charge in [0, 0.05) is 26.1 Å². The van der Waals surface area contributed by atoms with Gasteiger partial charge in [-0.2, -0.15) is 0 Å². The zero-order valence-electron chi connectivity index (χ0n) is 26.0. The van der Waals surface area contributed by atoms with Crippen molar-refractivity contribution < 1.29 is 34.4 Å². The molecule has 0 bridgehead atoms. The molecule has 0 aromatic carbocycles. The van der Waals surface area contributed by atoms with E-state index in [4.69, 9.17) is 19.7 Å². The highest BCUT2D eigenvalue weighted by atomic mass is 16.5. The molecule has 0 atom stereocenters. The van der Waals surface area contributed by atoms with Crippen molar-refractivity contribution in [1.82, 2.24) is 0 Å². The maximum absolute atomic E-state index is 12.1. The number of aliphatic hydroxyl groups is 3. The molecule has 40 heavy (non-hydrogen) atoms. The fourth-order valence-corrected chi connectivity index (χ4v) is 4.73. The van der Waals surface area contributed by atoms with E-state index in [2.05, 4.69) is 0 Å². The van der Waals surface area contributed by atoms with Crippen molar-refractivity contribution in [3.63, 3.8) is 0 Å². The predicted molar refractivity (Wildman–Crippen MR) is 162 cm³/mol. The van der Waals surface area contributed by atoms with Crippen LogP contribution in [0.1, 0.15) is 161 Å². The van der Waals surface area contributed by atoms with Gasteiger partial charge in [0.25, 0.3) is 0 Å². The second-order valence-corrected chi connectivity index (χ2v) is 12.0. The van der Waals surface area contributed by atoms with Gasteiger partial charge in [0.2, 0.25) is 0 Å². The standard InChI is InChI=1S/C33H64O7/c1-33(28-36,29-39-31(37)24-20-16-12-8-4-2-6-10-14-18-22-26-34)30-40-32(38)25-21-17-13-9-5-3-7-11-15-19-23-27-35/h34-36H,2-30H2,1H3. The number of aliphatic hydroxyl groups excluding tert-OH is 3. The summed E-state index contributed by atoms with van der Waals surface area (Å²) in [5, 5.41) is 27.3. The molecule has 0 fully saturated rings. The minimum atomic E-state index is -0.776. The number of ether oxygens (including phenoxy) is 2. The van der Waals surface area contributed by atoms with Crippen LogP contribution in [0.3, 0.4) is 0 Å². The van der Waals surface area contributed by atoms with Crippen LogP contribution in [0.4, 0.5) is 0 Å². The van der Waals surface area contributed by atoms with E-state index in [9.17, 15) is 14.7 Å². The first-order valence-corrected chi connectivity index (χ1v) is 16.6. The maximum atomic E-state index is 12.1. The van der Waals surface area contributed by atoms with Crippen LogP contribution >= 0.6 is 0 Å². The molecule has 0 aromatic rings. The highest BCUT2D eigenvalue weighted by molar-refractivity contribution is 5.69. The number of carbonyl (C=O) groups excluding carboxylic acids is 2. The first-order valence-electron chi connectivity index (χ1n) is 16.6. The molecule has 3 N–H and O–H groups in total. The zero-order chi connectivity index (χ0) is 29.6. The van der Waals surface area contributed by atoms with Gasteiger partial charge < -0.3 is 24.8 Å². The Hall–Kier alpha value is -1.18. The molecule has 7 nitrogen and oxygen atoms in total. The Kier molecular flexibility index (Phi) is 28.5. The molecule has 0 saturated carbocycles. The Morgan fingerprint density at radius 1 is 0.450 bits per heavy atom. The average molecular weight is 573 g/mol. The van der Waals surface area contributed by atoms with Gasteiger partial charge in [-0.05, 0) is 25.7 Å². The number of hydrogen-bond donors (Lipinski definition) is 3. The van der Waals surface area contributed by atoms with Gasteiger partial charge in [0.05, 0.1) is 12.0 Å². The van der Waals surface area contributed by atoms with Gasteiger partial charge in [-0.3, -0.25) is 9.59 Å². The zero-order valence-corrected chi connectivity index (χ0v) is 26.0. The summed E-state index contributed by atoms with van der Waals surface area (Å²) in [6.45, 7) is 2.27. The quantitative estimate of drug-likeness (QED) is 0.0585. The Bertz CT molecular complexity index is 523. The molecule has 7 heteroatoms. The van der Waals surface area contributed by atoms with Crippen LogP contribution in [0, 0.1) is 5.41 Å². The molecule has 238 valence electrons. The summed E-state index contributed by atoms with van der Waals surface area (Å²) in [5.41, 5.74) is -0.776. The predicted octanol–water partition coefficient (Wildman–Crippen LogP) is 7.42. The lowest BCUT2D eigenvalue weighted by Gasteiger charge is -2.26. The van der Waals surface area contributed by atoms with Crippen LogP contribution in [0.25, 0.3) is 0 Å². The molecule has 0 radical (unpaired) electrons. The second-order valence-electron chi connectivity index (χ2n) is 12.0. The molecule has 0 aliphatic carbocycles. The Balaban J connectivity index is 3.68. The van der Waals surface area contributed by atoms with Crippen molar-refractivity contribution in [3.05, 3.63) is 0 Å². The van der Waals surface area contributed by atoms with E-state index in [1.807, 2.05) is 0 Å². The van der Waals surface area contributed by atoms with Gasteiger partial charge in [-0.25, -0.2) is 0 Å². The molecule has 0 aromatic heterocycles. The van der Waals surface area contributed by atoms with Crippen LogP contribution in [-0.2, 0) is 19.1 Å². The first-order chi connectivity index (χ1) is 19.5. The molecule has 0 rings (SSSR count). The summed E-state index contributed by atoms with van der Waals surface area (Å²) < 4.78 is 10.8. The minimum Gasteiger partial charge on any atom is -0.465 e. The van der Waals surface area contributed by atoms with Crippen molar-refractivity contribution in [2.24, 2.45) is 5.41 Å². The molecule has 0 saturated heterocycles. The van der Waals surface area contributed by atoms with Crippen molar-refractivity contribution in [3.8, 4) is 0 Å². The van der Waals surface area contributed by atoms with E-state index in [-0.39, 0.29) is 31.8 Å². The van der Waals surface area contributed by atoms with Crippen LogP contribution < -0.4 is 0 Å². The normalized spacial score (nSPS) is 11.6. The van der Waals surface area contributed by atoms with Crippen molar-refractivity contribution in [2.45, 2.75) is 161 Å². The number of rotatable bonds is 31. The SMILES string of the molecule is CC(CO)(COC(=O)CCCCCCCCCCCCCO)COC(=O)CCCCCCCCCCCCCO. The molecule has 0 aliphatic heterocycles. The van der Waals surface area contributed by atoms with E-state index >= 15 is 0 Å². The van der Waals surface area contributed by atoms with E-state index in [1.54, 1.807) is 6.92 Å². The fraction of sp³-hybridized carbons (Fsp3) is 0.939. The molecular formula is C33H64O7. The second kappa shape index (κ2) is 29.3. The average Bonchev–Trinajstić information content (AvgIpc) is 2.96. The third-order valence-corrected chi connectivity index (χ3v) is 7.62. The Morgan fingerprint density at radius 2 is 0.700 bits per heavy atom. The molecule has 0 amide bonds. The minimum absolute atomic E-state index is 0.0509. The molecule has 0 unspecified atom stereocenters. The largest absolute Gasteiger partial charge is 0.465 e. The van der Waals surface area contributed by atoms with Crippen LogP contribution in [0.2, 0.25) is 0 Å². The third kappa shape index (κ3) is 27.0. The maximum Gasteiger partial charge on any atom is 0.305 e. The van der Waals surface area contributed by atoms with E-state index in [0.717, 1.165) is 64.2 Å². The van der Waals surface area contributed by atoms with E-state index in [0.29, 0.717) is 26.1 Å². The lowest BCUT2D eigenvalue weighted by Crippen LogP contribution is -2.35. The fourth-order valence-electron chi connectivity index (χ4n) is 4.73. The topological polar surface area (TPSA) is 113 Å². The number of unbranched alkanes of at least 4 members (excludes halogenated alkanes) is 20. The summed E-state index contributed by atoms with van der Waals surface area (Å²) in [7, 11) is 0. The molecular weight excluding hydrogens is 508 g/mol. The van der Waals surface area contributed by atoms with Gasteiger partial charge in [-0.1, -0.05) is 122 Å². The van der Waals surface area contributed by atoms with Crippen LogP contribution in [-0.4, -0.2) is 60.3 Å². The van der Waals surface area contributed by atoms with Crippen LogP contribution in [0.15, 0.2) is 0 Å². The van der Waals surface area contributed by atoms with Crippen molar-refractivity contribution >= 4 is 11.9 Å². The highest BCUT2D eigenvalue weighted by Gasteiger charge is 2.27. The van der Waals surface area contributed by atoms with Crippen molar-refractivity contribution in [1.29, 1.82) is 0 Å². The Labute approximate surface area is 245 Å². The monoisotopic (exact) mass is 572 g/mol. The summed E-state index contributed by atoms with van der Waals surface area (Å²) >= 11 is 0. The lowest BCUT2D eigenvalue weighted by atomic mass is 9.94. The summed E-state index contributed by atoms with van der Waals surface area (Å²) in [6.07, 6.45) is 25.7. The van der Waals surface area contributed by atoms with Gasteiger partial charge >= 0.3 is 11.9 Å². The Morgan fingerprint density at radius 3 is 0.950 bits per heavy atom. The van der Waals surface area contributed by atoms with Crippen LogP contribution in [0.5, 0.6) is 0 Å². The van der Waals surface area contributed by atoms with Gasteiger partial charge in [0.1, 0.15) is 13.2 Å². The summed E-state index contributed by atoms with van der Waals surface area (Å²) in [5.74, 6) is -0.508. The van der Waals surface area contributed by atoms with Crippen molar-refractivity contribution in [2.75, 3.05) is 33.0 Å². The highest BCUT2D eigenvalue weighted by Crippen LogP contribution is 2.19. The molecule has 0 heterocycles. The molecule has 0 spiro atoms. The lowest BCUT2D eigenvalue weighted by molar-refractivity contribution is -0.155. The van der Waals surface area contributed by atoms with E-state index < -0.39 is 5.41 Å². The molecule has 0 aliphatic rings. The van der Waals surface area contributed by atoms with Gasteiger partial charge in [0.15, 0.2) is 0 Å². The summed E-state index contributed by atoms with van der Waals surface area (Å²) in [6, 6.07) is 0. The first kappa shape index (κ1) is 38.8. The smallest absolute Gasteiger partial charge is 0.305 e. The van der Waals surface area contributed by atoms with E-state index in [1.165, 1.54) is 77.0 Å². The third-order valence-electron chi connectivity index (χ3n) is 7.62. The summed E-state index contributed by atoms with van der Waals surface area (Å²) in [4.78, 5) is 24.3. The number of carbonyl (C=O) groups is 2. The van der Waals surface area contributed by atoms with Gasteiger partial charge in [-0.15, -0.1) is 0 Å².